The lowest BCUT2D eigenvalue weighted by Gasteiger charge is -2.29. The number of rotatable bonds is 19. The highest BCUT2D eigenvalue weighted by Crippen LogP contribution is 2.38. The summed E-state index contributed by atoms with van der Waals surface area (Å²) >= 11 is 0. The first kappa shape index (κ1) is 40.4. The molecule has 0 bridgehead atoms. The number of anilines is 4. The van der Waals surface area contributed by atoms with Gasteiger partial charge in [0, 0.05) is 60.1 Å². The quantitative estimate of drug-likeness (QED) is 0.0453. The van der Waals surface area contributed by atoms with Gasteiger partial charge in [-0.15, -0.1) is 10.2 Å². The van der Waals surface area contributed by atoms with Crippen molar-refractivity contribution in [3.63, 3.8) is 0 Å². The highest BCUT2D eigenvalue weighted by atomic mass is 16.5. The van der Waals surface area contributed by atoms with Gasteiger partial charge in [-0.2, -0.15) is 4.98 Å². The fourth-order valence-electron chi connectivity index (χ4n) is 7.77. The molecule has 3 heterocycles. The van der Waals surface area contributed by atoms with E-state index in [0.717, 1.165) is 42.3 Å². The fraction of sp³-hybridized carbons (Fsp3) is 0.450. The second-order valence-corrected chi connectivity index (χ2v) is 14.5. The van der Waals surface area contributed by atoms with Gasteiger partial charge in [0.2, 0.25) is 17.8 Å². The molecule has 3 aliphatic rings. The third-order valence-corrected chi connectivity index (χ3v) is 10.7. The number of fused-ring (bicyclic) bond motifs is 2. The van der Waals surface area contributed by atoms with Gasteiger partial charge in [0.25, 0.3) is 5.91 Å². The van der Waals surface area contributed by atoms with Crippen molar-refractivity contribution in [2.24, 2.45) is 23.3 Å². The summed E-state index contributed by atoms with van der Waals surface area (Å²) in [5.74, 6) is -4.01. The number of nitrogens with zero attached hydrogens (tertiary/aromatic N) is 4. The summed E-state index contributed by atoms with van der Waals surface area (Å²) < 4.78 is 19.2. The number of nitrogens with one attached hydrogen (secondary N) is 4. The number of ether oxygens (including phenoxy) is 3. The first-order chi connectivity index (χ1) is 28.2. The first-order valence-electron chi connectivity index (χ1n) is 19.6. The Morgan fingerprint density at radius 1 is 0.862 bits per heavy atom. The smallest absolute Gasteiger partial charge is 0.273 e. The number of imide groups is 1. The van der Waals surface area contributed by atoms with Crippen molar-refractivity contribution in [1.29, 1.82) is 0 Å². The Hall–Kier alpha value is -5.82. The summed E-state index contributed by atoms with van der Waals surface area (Å²) in [6, 6.07) is 12.8. The van der Waals surface area contributed by atoms with Crippen LogP contribution < -0.4 is 32.7 Å². The molecule has 0 spiro atoms. The van der Waals surface area contributed by atoms with Gasteiger partial charge < -0.3 is 46.2 Å². The maximum Gasteiger partial charge on any atom is 0.273 e. The zero-order valence-electron chi connectivity index (χ0n) is 32.0. The van der Waals surface area contributed by atoms with E-state index >= 15 is 0 Å². The van der Waals surface area contributed by atoms with Crippen LogP contribution in [-0.2, 0) is 30.3 Å². The van der Waals surface area contributed by atoms with E-state index < -0.39 is 35.3 Å². The normalized spacial score (nSPS) is 20.6. The lowest BCUT2D eigenvalue weighted by Crippen LogP contribution is -2.46. The average molecular weight is 797 g/mol. The Morgan fingerprint density at radius 3 is 2.38 bits per heavy atom. The third-order valence-electron chi connectivity index (χ3n) is 10.7. The van der Waals surface area contributed by atoms with Crippen LogP contribution >= 0.6 is 0 Å². The molecule has 2 aliphatic carbocycles. The number of primary amides is 1. The lowest BCUT2D eigenvalue weighted by atomic mass is 9.82. The van der Waals surface area contributed by atoms with Crippen LogP contribution in [0.25, 0.3) is 10.9 Å². The van der Waals surface area contributed by atoms with Crippen molar-refractivity contribution >= 4 is 63.3 Å². The SMILES string of the molecule is NC(=O)c1nnc(NC2CCCC[C@@H]2N)nc1Nc1cccc2c1ccn2CCOCCOCCOCCNc1cccc2c1C(=O)C(C1CCC(=O)NC1=O)C2=O. The molecule has 1 saturated carbocycles. The second-order valence-electron chi connectivity index (χ2n) is 14.5. The Labute approximate surface area is 334 Å². The minimum atomic E-state index is -1.12. The number of ketones is 2. The summed E-state index contributed by atoms with van der Waals surface area (Å²) in [7, 11) is 0. The van der Waals surface area contributed by atoms with Crippen LogP contribution in [0.1, 0.15) is 69.7 Å². The molecule has 8 N–H and O–H groups in total. The highest BCUT2D eigenvalue weighted by Gasteiger charge is 2.48. The maximum atomic E-state index is 13.3. The molecule has 7 rings (SSSR count). The summed E-state index contributed by atoms with van der Waals surface area (Å²) in [6.45, 7) is 3.29. The molecule has 0 radical (unpaired) electrons. The van der Waals surface area contributed by atoms with Gasteiger partial charge in [0.1, 0.15) is 0 Å². The fourth-order valence-corrected chi connectivity index (χ4v) is 7.77. The molecule has 18 heteroatoms. The third kappa shape index (κ3) is 9.15. The molecule has 1 saturated heterocycles. The summed E-state index contributed by atoms with van der Waals surface area (Å²) in [5, 5.41) is 21.0. The summed E-state index contributed by atoms with van der Waals surface area (Å²) in [4.78, 5) is 67.1. The molecular weight excluding hydrogens is 749 g/mol. The van der Waals surface area contributed by atoms with E-state index in [0.29, 0.717) is 58.4 Å². The average Bonchev–Trinajstić information content (AvgIpc) is 3.74. The Morgan fingerprint density at radius 2 is 1.60 bits per heavy atom. The van der Waals surface area contributed by atoms with Crippen LogP contribution in [0.5, 0.6) is 0 Å². The molecule has 1 aliphatic heterocycles. The number of aromatic nitrogens is 4. The van der Waals surface area contributed by atoms with Crippen LogP contribution in [0.2, 0.25) is 0 Å². The number of amides is 3. The molecular formula is C40H48N10O8. The first-order valence-corrected chi connectivity index (χ1v) is 19.6. The topological polar surface area (TPSA) is 257 Å². The molecule has 4 aromatic rings. The predicted octanol–water partition coefficient (Wildman–Crippen LogP) is 2.56. The minimum Gasteiger partial charge on any atom is -0.382 e. The zero-order chi connectivity index (χ0) is 40.6. The van der Waals surface area contributed by atoms with E-state index in [1.807, 2.05) is 30.5 Å². The number of hydrogen-bond donors (Lipinski definition) is 6. The second kappa shape index (κ2) is 18.6. The van der Waals surface area contributed by atoms with E-state index in [1.165, 1.54) is 0 Å². The van der Waals surface area contributed by atoms with Crippen molar-refractivity contribution in [3.8, 4) is 0 Å². The zero-order valence-corrected chi connectivity index (χ0v) is 32.0. The van der Waals surface area contributed by atoms with Gasteiger partial charge >= 0.3 is 0 Å². The van der Waals surface area contributed by atoms with Gasteiger partial charge in [0.15, 0.2) is 23.1 Å². The van der Waals surface area contributed by atoms with Crippen molar-refractivity contribution in [1.82, 2.24) is 25.1 Å². The monoisotopic (exact) mass is 796 g/mol. The van der Waals surface area contributed by atoms with Crippen molar-refractivity contribution in [2.45, 2.75) is 57.2 Å². The van der Waals surface area contributed by atoms with Crippen LogP contribution in [0.4, 0.5) is 23.1 Å². The molecule has 306 valence electrons. The van der Waals surface area contributed by atoms with Crippen molar-refractivity contribution in [3.05, 3.63) is 65.5 Å². The molecule has 58 heavy (non-hydrogen) atoms. The van der Waals surface area contributed by atoms with Gasteiger partial charge in [-0.1, -0.05) is 31.0 Å². The number of piperidine rings is 1. The number of carbonyl (C=O) groups excluding carboxylic acids is 5. The van der Waals surface area contributed by atoms with Gasteiger partial charge in [-0.05, 0) is 43.5 Å². The Bertz CT molecular complexity index is 2180. The number of carbonyl (C=O) groups is 5. The maximum absolute atomic E-state index is 13.3. The van der Waals surface area contributed by atoms with Crippen LogP contribution in [0.3, 0.4) is 0 Å². The molecule has 4 atom stereocenters. The standard InChI is InChI=1S/C40H48N10O8/c41-26-6-1-2-7-28(26)45-40-47-38(34(37(42)54)48-49-40)44-27-8-4-10-30-23(27)13-15-50(30)16-18-57-20-22-58-21-19-56-17-14-43-29-9-3-5-24-32(29)36(53)33(35(24)52)25-11-12-31(51)46-39(25)55/h3-5,8-10,13,15,25-26,28,33,43H,1-2,6-7,11-12,14,16-22,41H2,(H2,42,54)(H,46,51,55)(H2,44,45,47,49)/t25?,26-,28?,33?/m0/s1. The lowest BCUT2D eigenvalue weighted by molar-refractivity contribution is -0.137. The van der Waals surface area contributed by atoms with Gasteiger partial charge in [-0.25, -0.2) is 0 Å². The van der Waals surface area contributed by atoms with E-state index in [1.54, 1.807) is 18.2 Å². The van der Waals surface area contributed by atoms with Crippen LogP contribution in [0.15, 0.2) is 48.7 Å². The molecule has 2 aromatic heterocycles. The molecule has 3 amide bonds. The van der Waals surface area contributed by atoms with E-state index in [2.05, 4.69) is 41.0 Å². The summed E-state index contributed by atoms with van der Waals surface area (Å²) in [6.07, 6.45) is 6.20. The van der Waals surface area contributed by atoms with E-state index in [4.69, 9.17) is 25.7 Å². The van der Waals surface area contributed by atoms with Crippen LogP contribution in [-0.4, -0.2) is 107 Å². The highest BCUT2D eigenvalue weighted by molar-refractivity contribution is 6.30. The van der Waals surface area contributed by atoms with Crippen molar-refractivity contribution < 1.29 is 38.2 Å². The van der Waals surface area contributed by atoms with E-state index in [9.17, 15) is 24.0 Å². The molecule has 2 aromatic carbocycles. The Kier molecular flexibility index (Phi) is 13.0. The molecule has 2 fully saturated rings. The number of hydrogen-bond acceptors (Lipinski definition) is 15. The molecule has 3 unspecified atom stereocenters. The number of Topliss-reactive ketones (excluding diaryl/α,β-unsaturated/α-hetero) is 2. The van der Waals surface area contributed by atoms with Gasteiger partial charge in [0.05, 0.1) is 62.6 Å². The predicted molar refractivity (Wildman–Crippen MR) is 213 cm³/mol. The van der Waals surface area contributed by atoms with Crippen molar-refractivity contribution in [2.75, 3.05) is 62.1 Å². The molecule has 18 nitrogen and oxygen atoms in total. The van der Waals surface area contributed by atoms with Gasteiger partial charge in [-0.3, -0.25) is 29.3 Å². The number of benzene rings is 2. The number of nitrogens with two attached hydrogens (primary N) is 2. The minimum absolute atomic E-state index is 0.0161. The Balaban J connectivity index is 0.804. The van der Waals surface area contributed by atoms with E-state index in [-0.39, 0.29) is 59.3 Å². The van der Waals surface area contributed by atoms with Crippen LogP contribution in [0, 0.1) is 11.8 Å². The summed E-state index contributed by atoms with van der Waals surface area (Å²) in [5.41, 5.74) is 14.6. The largest absolute Gasteiger partial charge is 0.382 e.